The van der Waals surface area contributed by atoms with Gasteiger partial charge in [0.1, 0.15) is 24.4 Å². The summed E-state index contributed by atoms with van der Waals surface area (Å²) in [5.74, 6) is -0.812. The van der Waals surface area contributed by atoms with Crippen molar-refractivity contribution >= 4 is 0 Å². The SMILES string of the molecule is C[C@@H]1OC2COC(c3ccccc3)O[C@H]2C2OC(C)(c3ccccc3)OC21. The number of fused-ring (bicyclic) bond motifs is 3. The molecule has 2 aromatic carbocycles. The van der Waals surface area contributed by atoms with Gasteiger partial charge in [-0.15, -0.1) is 0 Å². The minimum absolute atomic E-state index is 0.0951. The third-order valence-electron chi connectivity index (χ3n) is 5.65. The summed E-state index contributed by atoms with van der Waals surface area (Å²) in [5.41, 5.74) is 1.99. The van der Waals surface area contributed by atoms with Crippen LogP contribution < -0.4 is 0 Å². The zero-order valence-corrected chi connectivity index (χ0v) is 15.5. The second-order valence-corrected chi connectivity index (χ2v) is 7.53. The van der Waals surface area contributed by atoms with E-state index in [1.54, 1.807) is 0 Å². The van der Waals surface area contributed by atoms with E-state index in [4.69, 9.17) is 23.7 Å². The molecule has 142 valence electrons. The van der Waals surface area contributed by atoms with Gasteiger partial charge in [0.25, 0.3) is 0 Å². The van der Waals surface area contributed by atoms with Gasteiger partial charge in [0.15, 0.2) is 12.1 Å². The van der Waals surface area contributed by atoms with Gasteiger partial charge in [-0.1, -0.05) is 60.7 Å². The van der Waals surface area contributed by atoms with E-state index in [1.807, 2.05) is 74.5 Å². The van der Waals surface area contributed by atoms with Gasteiger partial charge in [-0.3, -0.25) is 0 Å². The van der Waals surface area contributed by atoms with Crippen molar-refractivity contribution in [3.8, 4) is 0 Å². The molecule has 2 aromatic rings. The van der Waals surface area contributed by atoms with Crippen molar-refractivity contribution < 1.29 is 23.7 Å². The first-order valence-corrected chi connectivity index (χ1v) is 9.53. The summed E-state index contributed by atoms with van der Waals surface area (Å²) in [4.78, 5) is 0. The molecule has 5 rings (SSSR count). The number of hydrogen-bond acceptors (Lipinski definition) is 5. The van der Waals surface area contributed by atoms with Crippen LogP contribution in [0.1, 0.15) is 31.3 Å². The fraction of sp³-hybridized carbons (Fsp3) is 0.455. The number of hydrogen-bond donors (Lipinski definition) is 0. The van der Waals surface area contributed by atoms with Crippen LogP contribution in [-0.4, -0.2) is 37.1 Å². The van der Waals surface area contributed by atoms with Gasteiger partial charge in [0.05, 0.1) is 12.7 Å². The Hall–Kier alpha value is -1.76. The van der Waals surface area contributed by atoms with Crippen molar-refractivity contribution in [3.63, 3.8) is 0 Å². The Morgan fingerprint density at radius 1 is 0.815 bits per heavy atom. The highest BCUT2D eigenvalue weighted by molar-refractivity contribution is 5.22. The zero-order valence-electron chi connectivity index (χ0n) is 15.5. The maximum absolute atomic E-state index is 6.48. The number of rotatable bonds is 2. The largest absolute Gasteiger partial charge is 0.367 e. The topological polar surface area (TPSA) is 46.2 Å². The van der Waals surface area contributed by atoms with Crippen LogP contribution >= 0.6 is 0 Å². The normalized spacial score (nSPS) is 41.0. The number of benzene rings is 2. The van der Waals surface area contributed by atoms with E-state index in [0.29, 0.717) is 6.61 Å². The molecular formula is C22H24O5. The standard InChI is InChI=1S/C22H24O5/c1-14-18-20(27-22(2,26-18)16-11-7-4-8-12-16)19-17(24-14)13-23-21(25-19)15-9-5-3-6-10-15/h3-12,14,17-21H,13H2,1-2H3/t14-,17?,18?,19+,20?,21?,22?/m0/s1. The van der Waals surface area contributed by atoms with Gasteiger partial charge in [0.2, 0.25) is 0 Å². The van der Waals surface area contributed by atoms with Crippen LogP contribution in [0.2, 0.25) is 0 Å². The molecule has 3 aliphatic heterocycles. The molecule has 3 saturated heterocycles. The summed E-state index contributed by atoms with van der Waals surface area (Å²) in [7, 11) is 0. The van der Waals surface area contributed by atoms with Crippen molar-refractivity contribution in [1.29, 1.82) is 0 Å². The summed E-state index contributed by atoms with van der Waals surface area (Å²) in [5, 5.41) is 0. The smallest absolute Gasteiger partial charge is 0.193 e. The molecule has 5 unspecified atom stereocenters. The molecule has 27 heavy (non-hydrogen) atoms. The molecule has 0 saturated carbocycles. The lowest BCUT2D eigenvalue weighted by molar-refractivity contribution is -0.314. The van der Waals surface area contributed by atoms with Gasteiger partial charge >= 0.3 is 0 Å². The Bertz CT molecular complexity index is 782. The van der Waals surface area contributed by atoms with Crippen LogP contribution in [0.5, 0.6) is 0 Å². The van der Waals surface area contributed by atoms with Gasteiger partial charge < -0.3 is 23.7 Å². The summed E-state index contributed by atoms with van der Waals surface area (Å²) in [6.07, 6.45) is -1.32. The van der Waals surface area contributed by atoms with Crippen molar-refractivity contribution in [2.24, 2.45) is 0 Å². The van der Waals surface area contributed by atoms with Crippen LogP contribution in [0.25, 0.3) is 0 Å². The molecule has 5 heteroatoms. The highest BCUT2D eigenvalue weighted by Crippen LogP contribution is 2.45. The molecule has 5 nitrogen and oxygen atoms in total. The van der Waals surface area contributed by atoms with Crippen molar-refractivity contribution in [1.82, 2.24) is 0 Å². The first-order valence-electron chi connectivity index (χ1n) is 9.53. The Balaban J connectivity index is 1.42. The minimum atomic E-state index is -0.812. The Morgan fingerprint density at radius 3 is 2.22 bits per heavy atom. The second kappa shape index (κ2) is 6.69. The highest BCUT2D eigenvalue weighted by Gasteiger charge is 2.58. The van der Waals surface area contributed by atoms with E-state index in [-0.39, 0.29) is 30.5 Å². The number of ether oxygens (including phenoxy) is 5. The third-order valence-corrected chi connectivity index (χ3v) is 5.65. The summed E-state index contributed by atoms with van der Waals surface area (Å²) < 4.78 is 31.3. The molecule has 0 aliphatic carbocycles. The molecule has 7 atom stereocenters. The maximum atomic E-state index is 6.48. The summed E-state index contributed by atoms with van der Waals surface area (Å²) in [6.45, 7) is 4.47. The second-order valence-electron chi connectivity index (χ2n) is 7.53. The molecule has 0 N–H and O–H groups in total. The molecule has 3 fully saturated rings. The molecule has 0 spiro atoms. The monoisotopic (exact) mass is 368 g/mol. The lowest BCUT2D eigenvalue weighted by atomic mass is 9.95. The summed E-state index contributed by atoms with van der Waals surface area (Å²) in [6, 6.07) is 20.0. The van der Waals surface area contributed by atoms with Crippen LogP contribution in [0.4, 0.5) is 0 Å². The van der Waals surface area contributed by atoms with E-state index in [0.717, 1.165) is 11.1 Å². The van der Waals surface area contributed by atoms with Crippen molar-refractivity contribution in [2.75, 3.05) is 6.61 Å². The molecule has 0 radical (unpaired) electrons. The Labute approximate surface area is 159 Å². The Morgan fingerprint density at radius 2 is 1.48 bits per heavy atom. The maximum Gasteiger partial charge on any atom is 0.193 e. The first-order chi connectivity index (χ1) is 13.1. The van der Waals surface area contributed by atoms with Crippen LogP contribution in [0.3, 0.4) is 0 Å². The van der Waals surface area contributed by atoms with E-state index in [9.17, 15) is 0 Å². The van der Waals surface area contributed by atoms with Crippen LogP contribution in [0, 0.1) is 0 Å². The third kappa shape index (κ3) is 3.00. The van der Waals surface area contributed by atoms with Crippen LogP contribution in [-0.2, 0) is 29.5 Å². The highest BCUT2D eigenvalue weighted by atomic mass is 16.8. The Kier molecular flexibility index (Phi) is 4.30. The first kappa shape index (κ1) is 17.3. The average molecular weight is 368 g/mol. The van der Waals surface area contributed by atoms with E-state index < -0.39 is 12.1 Å². The molecular weight excluding hydrogens is 344 g/mol. The fourth-order valence-electron chi connectivity index (χ4n) is 4.27. The van der Waals surface area contributed by atoms with Gasteiger partial charge in [-0.2, -0.15) is 0 Å². The van der Waals surface area contributed by atoms with Crippen molar-refractivity contribution in [2.45, 2.75) is 56.4 Å². The van der Waals surface area contributed by atoms with E-state index in [2.05, 4.69) is 0 Å². The molecule has 3 heterocycles. The molecule has 0 aromatic heterocycles. The lowest BCUT2D eigenvalue weighted by Crippen LogP contribution is -2.59. The fourth-order valence-corrected chi connectivity index (χ4v) is 4.27. The van der Waals surface area contributed by atoms with Crippen molar-refractivity contribution in [3.05, 3.63) is 71.8 Å². The molecule has 0 bridgehead atoms. The lowest BCUT2D eigenvalue weighted by Gasteiger charge is -2.45. The van der Waals surface area contributed by atoms with E-state index in [1.165, 1.54) is 0 Å². The van der Waals surface area contributed by atoms with Gasteiger partial charge in [-0.25, -0.2) is 0 Å². The minimum Gasteiger partial charge on any atom is -0.367 e. The predicted molar refractivity (Wildman–Crippen MR) is 97.9 cm³/mol. The molecule has 0 amide bonds. The van der Waals surface area contributed by atoms with Gasteiger partial charge in [0, 0.05) is 11.1 Å². The van der Waals surface area contributed by atoms with E-state index >= 15 is 0 Å². The average Bonchev–Trinajstić information content (AvgIpc) is 3.09. The molecule has 3 aliphatic rings. The zero-order chi connectivity index (χ0) is 18.4. The quantitative estimate of drug-likeness (QED) is 0.811. The van der Waals surface area contributed by atoms with Crippen LogP contribution in [0.15, 0.2) is 60.7 Å². The van der Waals surface area contributed by atoms with Gasteiger partial charge in [-0.05, 0) is 13.8 Å². The summed E-state index contributed by atoms with van der Waals surface area (Å²) >= 11 is 0. The predicted octanol–water partition coefficient (Wildman–Crippen LogP) is 3.54.